The van der Waals surface area contributed by atoms with Gasteiger partial charge in [-0.2, -0.15) is 12.6 Å². The van der Waals surface area contributed by atoms with E-state index in [9.17, 15) is 9.59 Å². The fraction of sp³-hybridized carbons (Fsp3) is 0.273. The fourth-order valence-corrected chi connectivity index (χ4v) is 3.69. The minimum Gasteiger partial charge on any atom is -0.393 e. The number of benzene rings is 2. The third-order valence-corrected chi connectivity index (χ3v) is 5.09. The summed E-state index contributed by atoms with van der Waals surface area (Å²) in [5, 5.41) is 8.02. The number of imide groups is 1. The Labute approximate surface area is 176 Å². The molecule has 0 fully saturated rings. The van der Waals surface area contributed by atoms with Crippen molar-refractivity contribution < 1.29 is 9.59 Å². The van der Waals surface area contributed by atoms with Gasteiger partial charge in [0.05, 0.1) is 0 Å². The number of carbonyl (C=O) groups is 2. The molecule has 7 heteroatoms. The van der Waals surface area contributed by atoms with Crippen LogP contribution in [-0.4, -0.2) is 54.0 Å². The van der Waals surface area contributed by atoms with Gasteiger partial charge in [-0.15, -0.1) is 0 Å². The van der Waals surface area contributed by atoms with Crippen molar-refractivity contribution in [1.29, 1.82) is 0 Å². The summed E-state index contributed by atoms with van der Waals surface area (Å²) < 4.78 is 0. The van der Waals surface area contributed by atoms with Gasteiger partial charge in [0.2, 0.25) is 0 Å². The molecule has 0 unspecified atom stereocenters. The molecule has 0 bridgehead atoms. The average Bonchev–Trinajstić information content (AvgIpc) is 2.74. The van der Waals surface area contributed by atoms with E-state index in [0.29, 0.717) is 23.4 Å². The molecule has 0 atom stereocenters. The Kier molecular flexibility index (Phi) is 6.82. The van der Waals surface area contributed by atoms with Crippen LogP contribution in [0.1, 0.15) is 27.1 Å². The quantitative estimate of drug-likeness (QED) is 0.319. The van der Waals surface area contributed by atoms with Gasteiger partial charge in [0.25, 0.3) is 11.8 Å². The lowest BCUT2D eigenvalue weighted by Gasteiger charge is -2.27. The highest BCUT2D eigenvalue weighted by atomic mass is 32.1. The Hall–Kier alpha value is -2.93. The van der Waals surface area contributed by atoms with Crippen LogP contribution in [0.15, 0.2) is 55.5 Å². The monoisotopic (exact) mass is 410 g/mol. The average molecular weight is 411 g/mol. The van der Waals surface area contributed by atoms with Crippen molar-refractivity contribution in [2.75, 3.05) is 37.8 Å². The summed E-state index contributed by atoms with van der Waals surface area (Å²) in [7, 11) is 1.85. The van der Waals surface area contributed by atoms with E-state index < -0.39 is 0 Å². The third kappa shape index (κ3) is 4.24. The maximum atomic E-state index is 12.8. The summed E-state index contributed by atoms with van der Waals surface area (Å²) in [5.74, 6) is -0.0669. The largest absolute Gasteiger partial charge is 0.393 e. The van der Waals surface area contributed by atoms with E-state index in [1.54, 1.807) is 18.3 Å². The molecule has 1 aliphatic rings. The van der Waals surface area contributed by atoms with Gasteiger partial charge >= 0.3 is 0 Å². The number of rotatable bonds is 10. The Balaban J connectivity index is 1.80. The first kappa shape index (κ1) is 20.8. The number of hydrogen-bond donors (Lipinski definition) is 3. The summed E-state index contributed by atoms with van der Waals surface area (Å²) in [5.41, 5.74) is 2.06. The Morgan fingerprint density at radius 3 is 2.62 bits per heavy atom. The van der Waals surface area contributed by atoms with Crippen molar-refractivity contribution >= 4 is 40.9 Å². The second-order valence-electron chi connectivity index (χ2n) is 6.68. The van der Waals surface area contributed by atoms with Gasteiger partial charge in [0.1, 0.15) is 0 Å². The molecule has 29 heavy (non-hydrogen) atoms. The molecule has 0 saturated heterocycles. The molecular weight excluding hydrogens is 384 g/mol. The van der Waals surface area contributed by atoms with Crippen LogP contribution in [0, 0.1) is 0 Å². The van der Waals surface area contributed by atoms with Crippen LogP contribution >= 0.6 is 12.6 Å². The molecule has 152 valence electrons. The number of thiol groups is 1. The minimum atomic E-state index is -0.253. The van der Waals surface area contributed by atoms with E-state index in [4.69, 9.17) is 0 Å². The number of anilines is 1. The van der Waals surface area contributed by atoms with Crippen molar-refractivity contribution in [3.63, 3.8) is 0 Å². The molecule has 2 amide bonds. The molecule has 3 rings (SSSR count). The Morgan fingerprint density at radius 1 is 1.17 bits per heavy atom. The van der Waals surface area contributed by atoms with Gasteiger partial charge in [-0.25, -0.2) is 0 Å². The molecule has 2 aromatic rings. The predicted octanol–water partition coefficient (Wildman–Crippen LogP) is 3.30. The van der Waals surface area contributed by atoms with Crippen molar-refractivity contribution in [2.24, 2.45) is 0 Å². The molecule has 2 N–H and O–H groups in total. The first-order valence-corrected chi connectivity index (χ1v) is 10.2. The first-order chi connectivity index (χ1) is 14.1. The third-order valence-electron chi connectivity index (χ3n) is 4.89. The van der Waals surface area contributed by atoms with Crippen LogP contribution in [0.4, 0.5) is 5.69 Å². The maximum Gasteiger partial charge on any atom is 0.261 e. The minimum absolute atomic E-state index is 0.253. The van der Waals surface area contributed by atoms with E-state index in [0.717, 1.165) is 36.0 Å². The zero-order chi connectivity index (χ0) is 20.8. The number of amides is 2. The summed E-state index contributed by atoms with van der Waals surface area (Å²) in [6.45, 7) is 5.70. The lowest BCUT2D eigenvalue weighted by Crippen LogP contribution is -2.41. The number of carbonyl (C=O) groups excluding carboxylic acids is 2. The van der Waals surface area contributed by atoms with Crippen LogP contribution in [0.2, 0.25) is 0 Å². The summed E-state index contributed by atoms with van der Waals surface area (Å²) in [6.07, 6.45) is 6.47. The normalized spacial score (nSPS) is 13.2. The van der Waals surface area contributed by atoms with E-state index in [-0.39, 0.29) is 11.8 Å². The van der Waals surface area contributed by atoms with E-state index in [1.165, 1.54) is 4.90 Å². The van der Waals surface area contributed by atoms with Gasteiger partial charge in [-0.1, -0.05) is 18.7 Å². The van der Waals surface area contributed by atoms with Gasteiger partial charge < -0.3 is 15.5 Å². The first-order valence-electron chi connectivity index (χ1n) is 9.61. The van der Waals surface area contributed by atoms with Crippen LogP contribution in [0.25, 0.3) is 10.8 Å². The SMILES string of the molecule is C=CN(/C=C\NC)CCCNc1ccc2c3c(cccc13)C(=O)N(CCS)C2=O. The lowest BCUT2D eigenvalue weighted by molar-refractivity contribution is 0.0621. The van der Waals surface area contributed by atoms with Crippen LogP contribution < -0.4 is 10.6 Å². The summed E-state index contributed by atoms with van der Waals surface area (Å²) >= 11 is 4.17. The molecule has 6 nitrogen and oxygen atoms in total. The van der Waals surface area contributed by atoms with Crippen LogP contribution in [-0.2, 0) is 0 Å². The number of nitrogens with one attached hydrogen (secondary N) is 2. The van der Waals surface area contributed by atoms with Crippen molar-refractivity contribution in [1.82, 2.24) is 15.1 Å². The number of hydrogen-bond acceptors (Lipinski definition) is 6. The molecule has 0 saturated carbocycles. The van der Waals surface area contributed by atoms with Crippen LogP contribution in [0.5, 0.6) is 0 Å². The van der Waals surface area contributed by atoms with Crippen molar-refractivity contribution in [3.8, 4) is 0 Å². The molecule has 1 aliphatic heterocycles. The van der Waals surface area contributed by atoms with Gasteiger partial charge in [0.15, 0.2) is 0 Å². The highest BCUT2D eigenvalue weighted by Gasteiger charge is 2.32. The van der Waals surface area contributed by atoms with Gasteiger partial charge in [0, 0.05) is 72.4 Å². The fourth-order valence-electron chi connectivity index (χ4n) is 3.49. The smallest absolute Gasteiger partial charge is 0.261 e. The van der Waals surface area contributed by atoms with Crippen LogP contribution in [0.3, 0.4) is 0 Å². The Bertz CT molecular complexity index is 935. The molecule has 1 heterocycles. The molecular formula is C22H26N4O2S. The van der Waals surface area contributed by atoms with E-state index >= 15 is 0 Å². The number of nitrogens with zero attached hydrogens (tertiary/aromatic N) is 2. The van der Waals surface area contributed by atoms with Gasteiger partial charge in [-0.05, 0) is 30.8 Å². The van der Waals surface area contributed by atoms with E-state index in [2.05, 4.69) is 29.8 Å². The highest BCUT2D eigenvalue weighted by Crippen LogP contribution is 2.34. The highest BCUT2D eigenvalue weighted by molar-refractivity contribution is 7.80. The topological polar surface area (TPSA) is 64.7 Å². The molecule has 0 spiro atoms. The predicted molar refractivity (Wildman–Crippen MR) is 121 cm³/mol. The zero-order valence-corrected chi connectivity index (χ0v) is 17.4. The van der Waals surface area contributed by atoms with Crippen molar-refractivity contribution in [3.05, 3.63) is 66.6 Å². The lowest BCUT2D eigenvalue weighted by atomic mass is 9.93. The standard InChI is InChI=1S/C22H26N4O2S/c1-3-25(13-11-23-2)12-5-10-24-19-9-8-18-20-16(19)6-4-7-17(20)21(27)26(14-15-29)22(18)28/h3-4,6-9,11,13,23-24,29H,1,5,10,12,14-15H2,2H3/b13-11-. The maximum absolute atomic E-state index is 12.8. The molecule has 2 aromatic carbocycles. The second kappa shape index (κ2) is 9.52. The molecule has 0 radical (unpaired) electrons. The zero-order valence-electron chi connectivity index (χ0n) is 16.5. The van der Waals surface area contributed by atoms with Crippen molar-refractivity contribution in [2.45, 2.75) is 6.42 Å². The summed E-state index contributed by atoms with van der Waals surface area (Å²) in [4.78, 5) is 28.9. The Morgan fingerprint density at radius 2 is 1.93 bits per heavy atom. The molecule has 0 aliphatic carbocycles. The molecule has 0 aromatic heterocycles. The van der Waals surface area contributed by atoms with Gasteiger partial charge in [-0.3, -0.25) is 14.5 Å². The van der Waals surface area contributed by atoms with E-state index in [1.807, 2.05) is 42.5 Å². The second-order valence-corrected chi connectivity index (χ2v) is 7.13. The summed E-state index contributed by atoms with van der Waals surface area (Å²) in [6, 6.07) is 9.32.